The Labute approximate surface area is 200 Å². The first-order valence-electron chi connectivity index (χ1n) is 9.95. The van der Waals surface area contributed by atoms with Crippen LogP contribution in [0.2, 0.25) is 0 Å². The molecule has 1 aromatic heterocycles. The molecule has 0 radical (unpaired) electrons. The van der Waals surface area contributed by atoms with E-state index >= 15 is 0 Å². The van der Waals surface area contributed by atoms with Crippen LogP contribution >= 0.6 is 15.9 Å². The summed E-state index contributed by atoms with van der Waals surface area (Å²) >= 11 is 3.31. The number of ketones is 1. The molecule has 2 amide bonds. The van der Waals surface area contributed by atoms with Crippen molar-refractivity contribution in [2.24, 2.45) is 5.92 Å². The zero-order valence-electron chi connectivity index (χ0n) is 17.5. The van der Waals surface area contributed by atoms with Gasteiger partial charge in [-0.25, -0.2) is 4.79 Å². The number of carbonyl (C=O) groups excluding carboxylic acids is 2. The third kappa shape index (κ3) is 4.28. The average Bonchev–Trinajstić information content (AvgIpc) is 3.28. The Bertz CT molecular complexity index is 1210. The van der Waals surface area contributed by atoms with Gasteiger partial charge in [0.25, 0.3) is 0 Å². The molecule has 0 saturated carbocycles. The van der Waals surface area contributed by atoms with Crippen LogP contribution in [0.5, 0.6) is 5.75 Å². The summed E-state index contributed by atoms with van der Waals surface area (Å²) in [5.41, 5.74) is -3.34. The number of furan rings is 1. The number of alkyl halides is 3. The van der Waals surface area contributed by atoms with E-state index in [4.69, 9.17) is 9.15 Å². The highest BCUT2D eigenvalue weighted by molar-refractivity contribution is 9.10. The van der Waals surface area contributed by atoms with Crippen LogP contribution in [0.25, 0.3) is 11.3 Å². The van der Waals surface area contributed by atoms with E-state index in [0.29, 0.717) is 17.1 Å². The molecule has 0 bridgehead atoms. The van der Waals surface area contributed by atoms with Crippen molar-refractivity contribution in [2.45, 2.75) is 17.9 Å². The molecule has 1 saturated heterocycles. The highest BCUT2D eigenvalue weighted by atomic mass is 79.9. The number of carbonyl (C=O) groups is 2. The van der Waals surface area contributed by atoms with Crippen molar-refractivity contribution < 1.29 is 37.0 Å². The van der Waals surface area contributed by atoms with Gasteiger partial charge in [-0.1, -0.05) is 28.1 Å². The molecule has 2 heterocycles. The van der Waals surface area contributed by atoms with Gasteiger partial charge in [-0.15, -0.1) is 0 Å². The SMILES string of the molecule is COc1ccc(C(=O)[C@@H]2[C@@H](c3ccc(-c4ccc(Br)cc4)o3)NC(=O)N[C@@]2(O)C(F)(F)F)cc1. The van der Waals surface area contributed by atoms with E-state index in [2.05, 4.69) is 21.2 Å². The van der Waals surface area contributed by atoms with Gasteiger partial charge in [-0.3, -0.25) is 4.79 Å². The lowest BCUT2D eigenvalue weighted by Gasteiger charge is -2.44. The van der Waals surface area contributed by atoms with Gasteiger partial charge in [0.2, 0.25) is 5.72 Å². The van der Waals surface area contributed by atoms with E-state index in [1.807, 2.05) is 0 Å². The lowest BCUT2D eigenvalue weighted by atomic mass is 9.79. The maximum Gasteiger partial charge on any atom is 0.437 e. The normalized spacial score (nSPS) is 22.6. The smallest absolute Gasteiger partial charge is 0.437 e. The standard InChI is InChI=1S/C23H18BrF3N2O5/c1-33-15-8-4-13(5-9-15)20(30)18-19(28-21(31)29-22(18,32)23(25,26)27)17-11-10-16(34-17)12-2-6-14(24)7-3-12/h2-11,18-19,32H,1H3,(H2,28,29,31)/t18-,19+,22-/m0/s1. The quantitative estimate of drug-likeness (QED) is 0.404. The predicted octanol–water partition coefficient (Wildman–Crippen LogP) is 4.82. The number of ether oxygens (including phenoxy) is 1. The molecule has 3 N–H and O–H groups in total. The van der Waals surface area contributed by atoms with E-state index in [1.165, 1.54) is 48.8 Å². The number of hydrogen-bond acceptors (Lipinski definition) is 5. The van der Waals surface area contributed by atoms with Crippen molar-refractivity contribution in [3.05, 3.63) is 76.5 Å². The second-order valence-corrected chi connectivity index (χ2v) is 8.54. The van der Waals surface area contributed by atoms with Crippen LogP contribution in [0.3, 0.4) is 0 Å². The topological polar surface area (TPSA) is 101 Å². The molecule has 11 heteroatoms. The maximum atomic E-state index is 14.0. The zero-order chi connectivity index (χ0) is 24.7. The molecule has 0 spiro atoms. The summed E-state index contributed by atoms with van der Waals surface area (Å²) in [5.74, 6) is -2.67. The summed E-state index contributed by atoms with van der Waals surface area (Å²) in [4.78, 5) is 25.5. The number of halogens is 4. The number of aliphatic hydroxyl groups is 1. The molecule has 178 valence electrons. The Morgan fingerprint density at radius 1 is 1.09 bits per heavy atom. The Kier molecular flexibility index (Phi) is 6.17. The van der Waals surface area contributed by atoms with Gasteiger partial charge >= 0.3 is 12.2 Å². The number of benzene rings is 2. The van der Waals surface area contributed by atoms with Crippen molar-refractivity contribution in [2.75, 3.05) is 7.11 Å². The van der Waals surface area contributed by atoms with Crippen molar-refractivity contribution >= 4 is 27.7 Å². The number of Topliss-reactive ketones (excluding diaryl/α,β-unsaturated/α-hetero) is 1. The minimum absolute atomic E-state index is 0.115. The fraction of sp³-hybridized carbons (Fsp3) is 0.217. The van der Waals surface area contributed by atoms with Crippen molar-refractivity contribution in [3.8, 4) is 17.1 Å². The Balaban J connectivity index is 1.79. The van der Waals surface area contributed by atoms with Crippen LogP contribution in [-0.2, 0) is 0 Å². The van der Waals surface area contributed by atoms with E-state index in [-0.39, 0.29) is 11.3 Å². The summed E-state index contributed by atoms with van der Waals surface area (Å²) in [6.07, 6.45) is -5.36. The highest BCUT2D eigenvalue weighted by Gasteiger charge is 2.66. The van der Waals surface area contributed by atoms with Gasteiger partial charge in [0, 0.05) is 15.6 Å². The highest BCUT2D eigenvalue weighted by Crippen LogP contribution is 2.44. The summed E-state index contributed by atoms with van der Waals surface area (Å²) in [5, 5.41) is 14.5. The first-order chi connectivity index (χ1) is 16.0. The van der Waals surface area contributed by atoms with E-state index in [1.54, 1.807) is 24.3 Å². The lowest BCUT2D eigenvalue weighted by Crippen LogP contribution is -2.72. The monoisotopic (exact) mass is 538 g/mol. The van der Waals surface area contributed by atoms with Gasteiger partial charge in [0.05, 0.1) is 7.11 Å². The molecule has 7 nitrogen and oxygen atoms in total. The van der Waals surface area contributed by atoms with E-state index in [0.717, 1.165) is 4.47 Å². The Morgan fingerprint density at radius 2 is 1.74 bits per heavy atom. The van der Waals surface area contributed by atoms with Crippen LogP contribution in [0.4, 0.5) is 18.0 Å². The first kappa shape index (κ1) is 23.8. The molecule has 1 aliphatic rings. The van der Waals surface area contributed by atoms with E-state index < -0.39 is 35.7 Å². The third-order valence-electron chi connectivity index (χ3n) is 5.53. The fourth-order valence-electron chi connectivity index (χ4n) is 3.80. The number of urea groups is 1. The summed E-state index contributed by atoms with van der Waals surface area (Å²) in [6, 6.07) is 12.3. The van der Waals surface area contributed by atoms with E-state index in [9.17, 15) is 27.9 Å². The molecule has 4 rings (SSSR count). The van der Waals surface area contributed by atoms with Crippen molar-refractivity contribution in [1.29, 1.82) is 0 Å². The summed E-state index contributed by atoms with van der Waals surface area (Å²) in [6.45, 7) is 0. The second kappa shape index (κ2) is 8.80. The van der Waals surface area contributed by atoms with Gasteiger partial charge in [0.1, 0.15) is 29.2 Å². The summed E-state index contributed by atoms with van der Waals surface area (Å²) in [7, 11) is 1.40. The number of amides is 2. The molecular weight excluding hydrogens is 521 g/mol. The minimum Gasteiger partial charge on any atom is -0.497 e. The second-order valence-electron chi connectivity index (χ2n) is 7.62. The van der Waals surface area contributed by atoms with Gasteiger partial charge in [-0.2, -0.15) is 13.2 Å². The summed E-state index contributed by atoms with van der Waals surface area (Å²) < 4.78 is 53.7. The molecule has 2 aromatic carbocycles. The molecule has 3 aromatic rings. The van der Waals surface area contributed by atoms with Gasteiger partial charge < -0.3 is 24.9 Å². The predicted molar refractivity (Wildman–Crippen MR) is 118 cm³/mol. The molecule has 34 heavy (non-hydrogen) atoms. The van der Waals surface area contributed by atoms with Crippen molar-refractivity contribution in [3.63, 3.8) is 0 Å². The number of methoxy groups -OCH3 is 1. The fourth-order valence-corrected chi connectivity index (χ4v) is 4.06. The van der Waals surface area contributed by atoms with Gasteiger partial charge in [0.15, 0.2) is 5.78 Å². The maximum absolute atomic E-state index is 14.0. The van der Waals surface area contributed by atoms with Crippen LogP contribution in [-0.4, -0.2) is 35.9 Å². The zero-order valence-corrected chi connectivity index (χ0v) is 19.1. The first-order valence-corrected chi connectivity index (χ1v) is 10.7. The number of nitrogens with one attached hydrogen (secondary N) is 2. The molecule has 0 aliphatic carbocycles. The number of hydrogen-bond donors (Lipinski definition) is 3. The molecular formula is C23H18BrF3N2O5. The van der Waals surface area contributed by atoms with Crippen LogP contribution in [0, 0.1) is 5.92 Å². The molecule has 0 unspecified atom stereocenters. The van der Waals surface area contributed by atoms with Crippen molar-refractivity contribution in [1.82, 2.24) is 10.6 Å². The largest absolute Gasteiger partial charge is 0.497 e. The van der Waals surface area contributed by atoms with Gasteiger partial charge in [-0.05, 0) is 48.5 Å². The van der Waals surface area contributed by atoms with Crippen LogP contribution in [0.1, 0.15) is 22.2 Å². The molecule has 1 aliphatic heterocycles. The lowest BCUT2D eigenvalue weighted by molar-refractivity contribution is -0.288. The number of rotatable bonds is 5. The van der Waals surface area contributed by atoms with Crippen LogP contribution in [0.15, 0.2) is 69.6 Å². The Hall–Kier alpha value is -3.31. The molecule has 3 atom stereocenters. The molecule has 1 fully saturated rings. The van der Waals surface area contributed by atoms with Crippen LogP contribution < -0.4 is 15.4 Å². The minimum atomic E-state index is -5.36. The average molecular weight is 539 g/mol. The third-order valence-corrected chi connectivity index (χ3v) is 6.05. The Morgan fingerprint density at radius 3 is 2.32 bits per heavy atom.